The van der Waals surface area contributed by atoms with Crippen molar-refractivity contribution in [2.24, 2.45) is 0 Å². The van der Waals surface area contributed by atoms with E-state index in [0.717, 1.165) is 40.9 Å². The van der Waals surface area contributed by atoms with Gasteiger partial charge in [-0.15, -0.1) is 21.5 Å². The van der Waals surface area contributed by atoms with Crippen LogP contribution in [0.5, 0.6) is 0 Å². The van der Waals surface area contributed by atoms with Crippen LogP contribution in [0.1, 0.15) is 26.2 Å². The predicted octanol–water partition coefficient (Wildman–Crippen LogP) is 2.64. The lowest BCUT2D eigenvalue weighted by Crippen LogP contribution is -2.33. The van der Waals surface area contributed by atoms with Crippen LogP contribution in [0.3, 0.4) is 0 Å². The van der Waals surface area contributed by atoms with Gasteiger partial charge in [0, 0.05) is 0 Å². The van der Waals surface area contributed by atoms with Crippen LogP contribution in [0.15, 0.2) is 21.9 Å². The summed E-state index contributed by atoms with van der Waals surface area (Å²) in [7, 11) is 0. The predicted molar refractivity (Wildman–Crippen MR) is 91.0 cm³/mol. The zero-order valence-corrected chi connectivity index (χ0v) is 14.7. The van der Waals surface area contributed by atoms with Gasteiger partial charge in [-0.2, -0.15) is 0 Å². The molecule has 0 fully saturated rings. The normalized spacial score (nSPS) is 11.9. The van der Waals surface area contributed by atoms with E-state index in [0.29, 0.717) is 15.9 Å². The Kier molecular flexibility index (Phi) is 6.81. The zero-order valence-electron chi connectivity index (χ0n) is 12.3. The third-order valence-corrected chi connectivity index (χ3v) is 5.66. The Labute approximate surface area is 145 Å². The van der Waals surface area contributed by atoms with Gasteiger partial charge in [0.15, 0.2) is 4.34 Å². The van der Waals surface area contributed by atoms with E-state index in [1.807, 2.05) is 18.4 Å². The van der Waals surface area contributed by atoms with Crippen molar-refractivity contribution in [3.8, 4) is 0 Å². The lowest BCUT2D eigenvalue weighted by molar-refractivity contribution is -0.304. The Bertz CT molecular complexity index is 645. The molecule has 2 amide bonds. The molecule has 1 atom stereocenters. The maximum Gasteiger partial charge on any atom is 0.326 e. The van der Waals surface area contributed by atoms with E-state index in [-0.39, 0.29) is 0 Å². The Morgan fingerprint density at radius 3 is 2.87 bits per heavy atom. The number of rotatable bonds is 8. The van der Waals surface area contributed by atoms with Crippen LogP contribution in [-0.2, 0) is 4.79 Å². The largest absolute Gasteiger partial charge is 0.549 e. The van der Waals surface area contributed by atoms with Gasteiger partial charge in [-0.1, -0.05) is 42.9 Å². The Balaban J connectivity index is 1.89. The van der Waals surface area contributed by atoms with Gasteiger partial charge in [0.1, 0.15) is 0 Å². The average Bonchev–Trinajstić information content (AvgIpc) is 3.15. The number of anilines is 2. The maximum absolute atomic E-state index is 11.8. The molecular weight excluding hydrogens is 356 g/mol. The van der Waals surface area contributed by atoms with Gasteiger partial charge >= 0.3 is 6.03 Å². The second kappa shape index (κ2) is 8.85. The molecule has 0 aromatic carbocycles. The number of carbonyl (C=O) groups excluding carboxylic acids is 2. The summed E-state index contributed by atoms with van der Waals surface area (Å²) in [5.74, 6) is -1.11. The summed E-state index contributed by atoms with van der Waals surface area (Å²) < 4.78 is 0.488. The van der Waals surface area contributed by atoms with Crippen molar-refractivity contribution in [3.63, 3.8) is 0 Å². The number of carboxylic acids is 1. The number of urea groups is 1. The highest BCUT2D eigenvalue weighted by molar-refractivity contribution is 8.02. The fourth-order valence-electron chi connectivity index (χ4n) is 1.63. The van der Waals surface area contributed by atoms with Gasteiger partial charge in [-0.05, 0) is 23.9 Å². The summed E-state index contributed by atoms with van der Waals surface area (Å²) in [6.07, 6.45) is 2.24. The van der Waals surface area contributed by atoms with Crippen LogP contribution < -0.4 is 15.7 Å². The molecule has 23 heavy (non-hydrogen) atoms. The van der Waals surface area contributed by atoms with Crippen molar-refractivity contribution in [2.45, 2.75) is 35.8 Å². The molecule has 2 aromatic heterocycles. The molecule has 0 radical (unpaired) electrons. The summed E-state index contributed by atoms with van der Waals surface area (Å²) in [5, 5.41) is 26.3. The number of thiophene rings is 1. The number of hydrogen-bond donors (Lipinski definition) is 2. The van der Waals surface area contributed by atoms with E-state index >= 15 is 0 Å². The minimum absolute atomic E-state index is 0.314. The van der Waals surface area contributed by atoms with Crippen LogP contribution in [0.4, 0.5) is 14.9 Å². The van der Waals surface area contributed by atoms with E-state index in [9.17, 15) is 14.7 Å². The van der Waals surface area contributed by atoms with Crippen LogP contribution in [-0.4, -0.2) is 27.4 Å². The maximum atomic E-state index is 11.8. The van der Waals surface area contributed by atoms with Gasteiger partial charge in [0.2, 0.25) is 5.13 Å². The third kappa shape index (κ3) is 5.81. The summed E-state index contributed by atoms with van der Waals surface area (Å²) in [6.45, 7) is 2.00. The van der Waals surface area contributed by atoms with E-state index in [2.05, 4.69) is 20.8 Å². The van der Waals surface area contributed by atoms with Crippen molar-refractivity contribution >= 4 is 56.6 Å². The molecule has 0 aliphatic heterocycles. The minimum atomic E-state index is -1.11. The molecule has 2 aromatic rings. The van der Waals surface area contributed by atoms with Gasteiger partial charge in [0.25, 0.3) is 0 Å². The molecule has 2 rings (SSSR count). The van der Waals surface area contributed by atoms with Crippen LogP contribution >= 0.6 is 34.4 Å². The summed E-state index contributed by atoms with van der Waals surface area (Å²) in [4.78, 5) is 22.9. The number of amides is 2. The Morgan fingerprint density at radius 1 is 1.39 bits per heavy atom. The van der Waals surface area contributed by atoms with Crippen molar-refractivity contribution in [1.29, 1.82) is 0 Å². The summed E-state index contributed by atoms with van der Waals surface area (Å²) in [6, 6.07) is 3.20. The molecule has 0 bridgehead atoms. The van der Waals surface area contributed by atoms with E-state index < -0.39 is 17.3 Å². The highest BCUT2D eigenvalue weighted by atomic mass is 32.2. The number of carbonyl (C=O) groups is 2. The minimum Gasteiger partial charge on any atom is -0.549 e. The van der Waals surface area contributed by atoms with Crippen LogP contribution in [0.25, 0.3) is 0 Å². The standard InChI is InChI=1S/C13H16N4O3S3/c1-2-3-5-8(10(18)19)22-13-17-16-12(23-13)15-11(20)14-9-6-4-7-21-9/h4,6-8H,2-3,5H2,1H3,(H,18,19)(H2,14,15,16,20)/p-1/t8-/m0/s1. The number of aliphatic carboxylic acids is 1. The van der Waals surface area contributed by atoms with Gasteiger partial charge in [0.05, 0.1) is 16.2 Å². The highest BCUT2D eigenvalue weighted by Gasteiger charge is 2.16. The molecular formula is C13H15N4O3S3-. The molecule has 0 aliphatic carbocycles. The second-order valence-corrected chi connectivity index (χ2v) is 7.87. The van der Waals surface area contributed by atoms with E-state index in [4.69, 9.17) is 0 Å². The van der Waals surface area contributed by atoms with Crippen LogP contribution in [0, 0.1) is 0 Å². The summed E-state index contributed by atoms with van der Waals surface area (Å²) in [5.41, 5.74) is 0. The number of hydrogen-bond acceptors (Lipinski definition) is 8. The fraction of sp³-hybridized carbons (Fsp3) is 0.385. The lowest BCUT2D eigenvalue weighted by atomic mass is 10.2. The first kappa shape index (κ1) is 17.7. The monoisotopic (exact) mass is 371 g/mol. The fourth-order valence-corrected chi connectivity index (χ4v) is 4.21. The number of carboxylic acid groups (broad SMARTS) is 1. The molecule has 7 nitrogen and oxygen atoms in total. The van der Waals surface area contributed by atoms with Gasteiger partial charge < -0.3 is 9.90 Å². The Morgan fingerprint density at radius 2 is 2.22 bits per heavy atom. The smallest absolute Gasteiger partial charge is 0.326 e. The van der Waals surface area contributed by atoms with Gasteiger partial charge in [-0.3, -0.25) is 10.6 Å². The highest BCUT2D eigenvalue weighted by Crippen LogP contribution is 2.31. The molecule has 0 spiro atoms. The number of nitrogens with one attached hydrogen (secondary N) is 2. The molecule has 2 N–H and O–H groups in total. The van der Waals surface area contributed by atoms with Gasteiger partial charge in [-0.25, -0.2) is 4.79 Å². The average molecular weight is 371 g/mol. The van der Waals surface area contributed by atoms with Crippen molar-refractivity contribution in [2.75, 3.05) is 10.6 Å². The number of thioether (sulfide) groups is 1. The molecule has 124 valence electrons. The Hall–Kier alpha value is -1.65. The third-order valence-electron chi connectivity index (χ3n) is 2.71. The quantitative estimate of drug-likeness (QED) is 0.546. The molecule has 0 unspecified atom stereocenters. The van der Waals surface area contributed by atoms with Crippen molar-refractivity contribution < 1.29 is 14.7 Å². The first-order chi connectivity index (χ1) is 11.1. The number of nitrogens with zero attached hydrogens (tertiary/aromatic N) is 2. The molecule has 0 saturated carbocycles. The first-order valence-corrected chi connectivity index (χ1v) is 9.48. The second-order valence-electron chi connectivity index (χ2n) is 4.50. The molecule has 2 heterocycles. The zero-order chi connectivity index (χ0) is 16.7. The SMILES string of the molecule is CCCC[C@H](Sc1nnc(NC(=O)Nc2cccs2)s1)C(=O)[O-]. The molecule has 10 heteroatoms. The molecule has 0 aliphatic rings. The summed E-state index contributed by atoms with van der Waals surface area (Å²) >= 11 is 3.64. The number of aromatic nitrogens is 2. The lowest BCUT2D eigenvalue weighted by Gasteiger charge is -2.14. The van der Waals surface area contributed by atoms with Crippen molar-refractivity contribution in [3.05, 3.63) is 17.5 Å². The van der Waals surface area contributed by atoms with Crippen molar-refractivity contribution in [1.82, 2.24) is 10.2 Å². The van der Waals surface area contributed by atoms with Crippen LogP contribution in [0.2, 0.25) is 0 Å². The molecule has 0 saturated heterocycles. The topological polar surface area (TPSA) is 107 Å². The first-order valence-electron chi connectivity index (χ1n) is 6.91. The van der Waals surface area contributed by atoms with E-state index in [1.165, 1.54) is 11.3 Å². The van der Waals surface area contributed by atoms with E-state index in [1.54, 1.807) is 6.07 Å². The number of unbranched alkanes of at least 4 members (excludes halogenated alkanes) is 1.